The van der Waals surface area contributed by atoms with E-state index in [1.807, 2.05) is 0 Å². The van der Waals surface area contributed by atoms with E-state index in [1.165, 1.54) is 12.1 Å². The lowest BCUT2D eigenvalue weighted by Gasteiger charge is -2.20. The summed E-state index contributed by atoms with van der Waals surface area (Å²) in [5, 5.41) is 2.17. The van der Waals surface area contributed by atoms with E-state index in [0.29, 0.717) is 5.56 Å². The predicted molar refractivity (Wildman–Crippen MR) is 47.9 cm³/mol. The van der Waals surface area contributed by atoms with E-state index < -0.39 is 17.7 Å². The molecule has 0 bridgehead atoms. The van der Waals surface area contributed by atoms with Gasteiger partial charge in [0.25, 0.3) is 0 Å². The summed E-state index contributed by atoms with van der Waals surface area (Å²) in [5.74, 6) is -0.551. The SMILES string of the molecule is Fc1ccc2c(c1)NC(C(F)(F)F)=CC2. The number of anilines is 1. The first kappa shape index (κ1) is 10.0. The van der Waals surface area contributed by atoms with E-state index >= 15 is 0 Å². The summed E-state index contributed by atoms with van der Waals surface area (Å²) in [4.78, 5) is 0. The van der Waals surface area contributed by atoms with Crippen molar-refractivity contribution in [3.63, 3.8) is 0 Å². The van der Waals surface area contributed by atoms with Gasteiger partial charge in [-0.05, 0) is 24.1 Å². The average Bonchev–Trinajstić information content (AvgIpc) is 2.15. The molecule has 1 N–H and O–H groups in total. The zero-order chi connectivity index (χ0) is 11.1. The fraction of sp³-hybridized carbons (Fsp3) is 0.200. The second-order valence-corrected chi connectivity index (χ2v) is 3.25. The summed E-state index contributed by atoms with van der Waals surface area (Å²) < 4.78 is 49.7. The highest BCUT2D eigenvalue weighted by Crippen LogP contribution is 2.32. The lowest BCUT2D eigenvalue weighted by Crippen LogP contribution is -2.22. The molecule has 2 rings (SSSR count). The van der Waals surface area contributed by atoms with Gasteiger partial charge in [0.1, 0.15) is 11.5 Å². The van der Waals surface area contributed by atoms with Crippen LogP contribution >= 0.6 is 0 Å². The highest BCUT2D eigenvalue weighted by atomic mass is 19.4. The fourth-order valence-corrected chi connectivity index (χ4v) is 1.44. The van der Waals surface area contributed by atoms with Gasteiger partial charge in [-0.3, -0.25) is 0 Å². The van der Waals surface area contributed by atoms with Gasteiger partial charge < -0.3 is 5.32 Å². The summed E-state index contributed by atoms with van der Waals surface area (Å²) in [6.07, 6.45) is -3.19. The van der Waals surface area contributed by atoms with Crippen LogP contribution in [0.5, 0.6) is 0 Å². The maximum Gasteiger partial charge on any atom is 0.430 e. The summed E-state index contributed by atoms with van der Waals surface area (Å²) in [7, 11) is 0. The highest BCUT2D eigenvalue weighted by Gasteiger charge is 2.35. The zero-order valence-electron chi connectivity index (χ0n) is 7.53. The Bertz CT molecular complexity index is 420. The van der Waals surface area contributed by atoms with Crippen molar-refractivity contribution in [1.82, 2.24) is 0 Å². The second kappa shape index (κ2) is 3.25. The first-order valence-corrected chi connectivity index (χ1v) is 4.29. The molecule has 0 amide bonds. The minimum Gasteiger partial charge on any atom is -0.351 e. The van der Waals surface area contributed by atoms with Gasteiger partial charge in [0.2, 0.25) is 0 Å². The quantitative estimate of drug-likeness (QED) is 0.658. The molecule has 1 aliphatic rings. The smallest absolute Gasteiger partial charge is 0.351 e. The Hall–Kier alpha value is -1.52. The van der Waals surface area contributed by atoms with E-state index in [4.69, 9.17) is 0 Å². The van der Waals surface area contributed by atoms with Crippen LogP contribution in [0.3, 0.4) is 0 Å². The summed E-state index contributed by atoms with van der Waals surface area (Å²) >= 11 is 0. The summed E-state index contributed by atoms with van der Waals surface area (Å²) in [5.41, 5.74) is 0.00910. The van der Waals surface area contributed by atoms with E-state index in [0.717, 1.165) is 12.1 Å². The molecule has 0 aromatic heterocycles. The normalized spacial score (nSPS) is 15.3. The zero-order valence-corrected chi connectivity index (χ0v) is 7.53. The predicted octanol–water partition coefficient (Wildman–Crippen LogP) is 3.24. The molecule has 1 aromatic rings. The third-order valence-corrected chi connectivity index (χ3v) is 2.17. The molecule has 0 fully saturated rings. The Morgan fingerprint density at radius 3 is 2.60 bits per heavy atom. The molecule has 0 saturated heterocycles. The van der Waals surface area contributed by atoms with Gasteiger partial charge in [-0.25, -0.2) is 4.39 Å². The minimum atomic E-state index is -4.41. The molecule has 1 aromatic carbocycles. The summed E-state index contributed by atoms with van der Waals surface area (Å²) in [6.45, 7) is 0. The Balaban J connectivity index is 2.33. The van der Waals surface area contributed by atoms with E-state index in [9.17, 15) is 17.6 Å². The van der Waals surface area contributed by atoms with Crippen molar-refractivity contribution in [1.29, 1.82) is 0 Å². The molecular weight excluding hydrogens is 210 g/mol. The van der Waals surface area contributed by atoms with Gasteiger partial charge >= 0.3 is 6.18 Å². The van der Waals surface area contributed by atoms with Gasteiger partial charge in [-0.15, -0.1) is 0 Å². The molecule has 1 aliphatic heterocycles. The maximum absolute atomic E-state index is 12.8. The Morgan fingerprint density at radius 1 is 1.20 bits per heavy atom. The van der Waals surface area contributed by atoms with Crippen LogP contribution < -0.4 is 5.32 Å². The molecule has 0 saturated carbocycles. The van der Waals surface area contributed by atoms with Crippen molar-refractivity contribution in [2.24, 2.45) is 0 Å². The van der Waals surface area contributed by atoms with Crippen molar-refractivity contribution >= 4 is 5.69 Å². The molecule has 0 unspecified atom stereocenters. The molecular formula is C10H7F4N. The Labute approximate surface area is 83.4 Å². The number of rotatable bonds is 0. The van der Waals surface area contributed by atoms with Crippen LogP contribution in [0.1, 0.15) is 5.56 Å². The number of alkyl halides is 3. The van der Waals surface area contributed by atoms with E-state index in [2.05, 4.69) is 5.32 Å². The van der Waals surface area contributed by atoms with Crippen LogP contribution in [0.25, 0.3) is 0 Å². The largest absolute Gasteiger partial charge is 0.430 e. The fourth-order valence-electron chi connectivity index (χ4n) is 1.44. The Morgan fingerprint density at radius 2 is 1.93 bits per heavy atom. The van der Waals surface area contributed by atoms with Gasteiger partial charge in [0.05, 0.1) is 0 Å². The van der Waals surface area contributed by atoms with Crippen LogP contribution in [-0.2, 0) is 6.42 Å². The van der Waals surface area contributed by atoms with E-state index in [-0.39, 0.29) is 12.1 Å². The number of benzene rings is 1. The monoisotopic (exact) mass is 217 g/mol. The first-order valence-electron chi connectivity index (χ1n) is 4.29. The molecule has 1 heterocycles. The average molecular weight is 217 g/mol. The van der Waals surface area contributed by atoms with Crippen LogP contribution in [0.2, 0.25) is 0 Å². The minimum absolute atomic E-state index is 0.164. The van der Waals surface area contributed by atoms with Gasteiger partial charge in [-0.2, -0.15) is 13.2 Å². The number of fused-ring (bicyclic) bond motifs is 1. The van der Waals surface area contributed by atoms with Crippen LogP contribution in [0.4, 0.5) is 23.2 Å². The van der Waals surface area contributed by atoms with Crippen molar-refractivity contribution < 1.29 is 17.6 Å². The lowest BCUT2D eigenvalue weighted by molar-refractivity contribution is -0.0906. The highest BCUT2D eigenvalue weighted by molar-refractivity contribution is 5.59. The molecule has 0 spiro atoms. The molecule has 5 heteroatoms. The van der Waals surface area contributed by atoms with Crippen LogP contribution in [-0.4, -0.2) is 6.18 Å². The van der Waals surface area contributed by atoms with Crippen molar-refractivity contribution in [2.75, 3.05) is 5.32 Å². The van der Waals surface area contributed by atoms with Crippen LogP contribution in [0.15, 0.2) is 30.0 Å². The van der Waals surface area contributed by atoms with Crippen molar-refractivity contribution in [2.45, 2.75) is 12.6 Å². The van der Waals surface area contributed by atoms with Gasteiger partial charge in [0, 0.05) is 5.69 Å². The topological polar surface area (TPSA) is 12.0 Å². The number of nitrogens with one attached hydrogen (secondary N) is 1. The maximum atomic E-state index is 12.8. The molecule has 15 heavy (non-hydrogen) atoms. The molecule has 0 radical (unpaired) electrons. The third kappa shape index (κ3) is 1.95. The number of allylic oxidation sites excluding steroid dienone is 2. The molecule has 1 nitrogen and oxygen atoms in total. The standard InChI is InChI=1S/C10H7F4N/c11-7-3-1-6-2-4-9(10(12,13)14)15-8(6)5-7/h1,3-5,15H,2H2. The third-order valence-electron chi connectivity index (χ3n) is 2.17. The van der Waals surface area contributed by atoms with Crippen LogP contribution in [0, 0.1) is 5.82 Å². The van der Waals surface area contributed by atoms with Gasteiger partial charge in [0.15, 0.2) is 0 Å². The lowest BCUT2D eigenvalue weighted by atomic mass is 10.0. The summed E-state index contributed by atoms with van der Waals surface area (Å²) in [6, 6.07) is 3.77. The number of hydrogen-bond donors (Lipinski definition) is 1. The molecule has 0 aliphatic carbocycles. The molecule has 0 atom stereocenters. The van der Waals surface area contributed by atoms with Crippen molar-refractivity contribution in [3.8, 4) is 0 Å². The van der Waals surface area contributed by atoms with E-state index in [1.54, 1.807) is 0 Å². The first-order chi connectivity index (χ1) is 6.97. The van der Waals surface area contributed by atoms with Gasteiger partial charge in [-0.1, -0.05) is 12.1 Å². The number of hydrogen-bond acceptors (Lipinski definition) is 1. The molecule has 80 valence electrons. The number of halogens is 4. The second-order valence-electron chi connectivity index (χ2n) is 3.25. The Kier molecular flexibility index (Phi) is 2.17. The van der Waals surface area contributed by atoms with Crippen molar-refractivity contribution in [3.05, 3.63) is 41.4 Å².